The third-order valence-corrected chi connectivity index (χ3v) is 3.32. The van der Waals surface area contributed by atoms with Gasteiger partial charge in [-0.1, -0.05) is 12.8 Å². The maximum atomic E-state index is 3.60. The van der Waals surface area contributed by atoms with E-state index in [0.29, 0.717) is 0 Å². The summed E-state index contributed by atoms with van der Waals surface area (Å²) < 4.78 is 0. The second-order valence-electron chi connectivity index (χ2n) is 4.63. The number of hydrogen-bond acceptors (Lipinski definition) is 2. The lowest BCUT2D eigenvalue weighted by molar-refractivity contribution is 0.355. The second kappa shape index (κ2) is 4.97. The van der Waals surface area contributed by atoms with E-state index in [0.717, 1.165) is 11.8 Å². The average Bonchev–Trinajstić information content (AvgIpc) is 2.98. The van der Waals surface area contributed by atoms with Crippen LogP contribution in [0.15, 0.2) is 0 Å². The van der Waals surface area contributed by atoms with E-state index < -0.39 is 0 Å². The van der Waals surface area contributed by atoms with E-state index in [9.17, 15) is 0 Å². The fraction of sp³-hybridized carbons (Fsp3) is 1.00. The number of rotatable bonds is 5. The molecule has 0 unspecified atom stereocenters. The molecule has 13 heavy (non-hydrogen) atoms. The first-order chi connectivity index (χ1) is 6.45. The van der Waals surface area contributed by atoms with E-state index in [4.69, 9.17) is 0 Å². The molecule has 2 rings (SSSR count). The van der Waals surface area contributed by atoms with Crippen molar-refractivity contribution in [2.45, 2.75) is 32.1 Å². The number of nitrogens with one attached hydrogen (secondary N) is 2. The predicted octanol–water partition coefficient (Wildman–Crippen LogP) is 1.38. The van der Waals surface area contributed by atoms with Crippen molar-refractivity contribution in [3.05, 3.63) is 0 Å². The Morgan fingerprint density at radius 1 is 1.00 bits per heavy atom. The summed E-state index contributed by atoms with van der Waals surface area (Å²) in [7, 11) is 0. The van der Waals surface area contributed by atoms with Crippen molar-refractivity contribution in [3.63, 3.8) is 0 Å². The Morgan fingerprint density at radius 3 is 2.46 bits per heavy atom. The summed E-state index contributed by atoms with van der Waals surface area (Å²) in [4.78, 5) is 0. The molecule has 2 aliphatic rings. The van der Waals surface area contributed by atoms with Gasteiger partial charge in [0.25, 0.3) is 0 Å². The van der Waals surface area contributed by atoms with Crippen LogP contribution in [0.3, 0.4) is 0 Å². The van der Waals surface area contributed by atoms with Gasteiger partial charge in [-0.25, -0.2) is 0 Å². The summed E-state index contributed by atoms with van der Waals surface area (Å²) in [5, 5.41) is 7.00. The van der Waals surface area contributed by atoms with Crippen LogP contribution >= 0.6 is 0 Å². The lowest BCUT2D eigenvalue weighted by Gasteiger charge is -2.22. The van der Waals surface area contributed by atoms with Crippen LogP contribution in [-0.4, -0.2) is 26.2 Å². The van der Waals surface area contributed by atoms with Crippen LogP contribution in [0, 0.1) is 11.8 Å². The van der Waals surface area contributed by atoms with Gasteiger partial charge in [-0.2, -0.15) is 0 Å². The minimum atomic E-state index is 0.945. The molecule has 0 aromatic carbocycles. The van der Waals surface area contributed by atoms with Gasteiger partial charge in [0.1, 0.15) is 0 Å². The Hall–Kier alpha value is -0.0800. The average molecular weight is 182 g/mol. The molecule has 1 aliphatic heterocycles. The van der Waals surface area contributed by atoms with Crippen LogP contribution in [0.25, 0.3) is 0 Å². The second-order valence-corrected chi connectivity index (χ2v) is 4.63. The van der Waals surface area contributed by atoms with Crippen molar-refractivity contribution in [3.8, 4) is 0 Å². The van der Waals surface area contributed by atoms with E-state index >= 15 is 0 Å². The van der Waals surface area contributed by atoms with Gasteiger partial charge in [-0.05, 0) is 57.3 Å². The molecule has 0 spiro atoms. The van der Waals surface area contributed by atoms with Gasteiger partial charge in [-0.15, -0.1) is 0 Å². The molecule has 2 N–H and O–H groups in total. The molecule has 2 nitrogen and oxygen atoms in total. The topological polar surface area (TPSA) is 24.1 Å². The molecule has 0 amide bonds. The Kier molecular flexibility index (Phi) is 3.62. The van der Waals surface area contributed by atoms with Crippen molar-refractivity contribution in [2.75, 3.05) is 26.2 Å². The zero-order valence-corrected chi connectivity index (χ0v) is 8.52. The van der Waals surface area contributed by atoms with Crippen LogP contribution in [0.4, 0.5) is 0 Å². The summed E-state index contributed by atoms with van der Waals surface area (Å²) in [6, 6.07) is 0. The normalized spacial score (nSPS) is 24.9. The first kappa shape index (κ1) is 9.47. The lowest BCUT2D eigenvalue weighted by atomic mass is 9.98. The fourth-order valence-electron chi connectivity index (χ4n) is 2.10. The van der Waals surface area contributed by atoms with Gasteiger partial charge in [0, 0.05) is 0 Å². The molecule has 1 heterocycles. The summed E-state index contributed by atoms with van der Waals surface area (Å²) in [6.45, 7) is 4.98. The van der Waals surface area contributed by atoms with E-state index in [-0.39, 0.29) is 0 Å². The summed E-state index contributed by atoms with van der Waals surface area (Å²) in [6.07, 6.45) is 7.15. The molecule has 2 fully saturated rings. The molecule has 0 atom stereocenters. The summed E-state index contributed by atoms with van der Waals surface area (Å²) >= 11 is 0. The zero-order chi connectivity index (χ0) is 8.93. The van der Waals surface area contributed by atoms with Gasteiger partial charge in [0.15, 0.2) is 0 Å². The molecular weight excluding hydrogens is 160 g/mol. The highest BCUT2D eigenvalue weighted by molar-refractivity contribution is 4.75. The molecule has 1 saturated heterocycles. The van der Waals surface area contributed by atoms with Gasteiger partial charge in [-0.3, -0.25) is 0 Å². The highest BCUT2D eigenvalue weighted by atomic mass is 14.9. The summed E-state index contributed by atoms with van der Waals surface area (Å²) in [5.41, 5.74) is 0. The monoisotopic (exact) mass is 182 g/mol. The quantitative estimate of drug-likeness (QED) is 0.628. The first-order valence-electron chi connectivity index (χ1n) is 5.86. The van der Waals surface area contributed by atoms with E-state index in [1.165, 1.54) is 58.3 Å². The minimum Gasteiger partial charge on any atom is -0.317 e. The molecular formula is C11H22N2. The van der Waals surface area contributed by atoms with Crippen LogP contribution in [0.1, 0.15) is 32.1 Å². The standard InChI is InChI=1S/C11H22N2/c1-2-10(1)3-8-13-9-11-4-6-12-7-5-11/h10-13H,1-9H2. The largest absolute Gasteiger partial charge is 0.317 e. The highest BCUT2D eigenvalue weighted by Gasteiger charge is 2.20. The third kappa shape index (κ3) is 3.65. The third-order valence-electron chi connectivity index (χ3n) is 3.32. The Bertz CT molecular complexity index is 137. The highest BCUT2D eigenvalue weighted by Crippen LogP contribution is 2.31. The Balaban J connectivity index is 1.46. The minimum absolute atomic E-state index is 0.945. The van der Waals surface area contributed by atoms with E-state index in [1.807, 2.05) is 0 Å². The van der Waals surface area contributed by atoms with Gasteiger partial charge < -0.3 is 10.6 Å². The number of hydrogen-bond donors (Lipinski definition) is 2. The van der Waals surface area contributed by atoms with Crippen molar-refractivity contribution >= 4 is 0 Å². The van der Waals surface area contributed by atoms with Crippen molar-refractivity contribution in [2.24, 2.45) is 11.8 Å². The lowest BCUT2D eigenvalue weighted by Crippen LogP contribution is -2.33. The molecule has 0 bridgehead atoms. The zero-order valence-electron chi connectivity index (χ0n) is 8.52. The SMILES string of the molecule is C1CC(CNCCC2CC2)CCN1. The van der Waals surface area contributed by atoms with Crippen LogP contribution < -0.4 is 10.6 Å². The van der Waals surface area contributed by atoms with E-state index in [2.05, 4.69) is 10.6 Å². The van der Waals surface area contributed by atoms with Crippen LogP contribution in [0.2, 0.25) is 0 Å². The van der Waals surface area contributed by atoms with Gasteiger partial charge >= 0.3 is 0 Å². The first-order valence-corrected chi connectivity index (χ1v) is 5.86. The van der Waals surface area contributed by atoms with Crippen molar-refractivity contribution in [1.82, 2.24) is 10.6 Å². The van der Waals surface area contributed by atoms with Crippen molar-refractivity contribution in [1.29, 1.82) is 0 Å². The number of piperidine rings is 1. The Labute approximate surface area is 81.5 Å². The molecule has 0 radical (unpaired) electrons. The Morgan fingerprint density at radius 2 is 1.77 bits per heavy atom. The molecule has 0 aromatic rings. The molecule has 2 heteroatoms. The maximum Gasteiger partial charge on any atom is -0.00196 e. The molecule has 76 valence electrons. The molecule has 0 aromatic heterocycles. The predicted molar refractivity (Wildman–Crippen MR) is 55.8 cm³/mol. The fourth-order valence-corrected chi connectivity index (χ4v) is 2.10. The van der Waals surface area contributed by atoms with Gasteiger partial charge in [0.05, 0.1) is 0 Å². The van der Waals surface area contributed by atoms with Gasteiger partial charge in [0.2, 0.25) is 0 Å². The molecule has 1 aliphatic carbocycles. The van der Waals surface area contributed by atoms with Crippen LogP contribution in [0.5, 0.6) is 0 Å². The van der Waals surface area contributed by atoms with Crippen molar-refractivity contribution < 1.29 is 0 Å². The van der Waals surface area contributed by atoms with Crippen LogP contribution in [-0.2, 0) is 0 Å². The summed E-state index contributed by atoms with van der Waals surface area (Å²) in [5.74, 6) is 2.03. The van der Waals surface area contributed by atoms with E-state index in [1.54, 1.807) is 0 Å². The smallest absolute Gasteiger partial charge is 0.00196 e. The molecule has 1 saturated carbocycles. The maximum absolute atomic E-state index is 3.60.